The average molecular weight is 311 g/mol. The van der Waals surface area contributed by atoms with Gasteiger partial charge in [-0.25, -0.2) is 0 Å². The quantitative estimate of drug-likeness (QED) is 0.871. The van der Waals surface area contributed by atoms with E-state index < -0.39 is 0 Å². The minimum atomic E-state index is 0.332. The van der Waals surface area contributed by atoms with Crippen LogP contribution >= 0.6 is 11.8 Å². The Labute approximate surface area is 130 Å². The fourth-order valence-electron chi connectivity index (χ4n) is 2.98. The Bertz CT molecular complexity index is 378. The molecule has 3 rings (SSSR count). The van der Waals surface area contributed by atoms with Crippen LogP contribution in [0, 0.1) is 0 Å². The van der Waals surface area contributed by atoms with Crippen molar-refractivity contribution in [3.05, 3.63) is 11.7 Å². The Morgan fingerprint density at radius 2 is 1.95 bits per heavy atom. The zero-order chi connectivity index (χ0) is 14.3. The summed E-state index contributed by atoms with van der Waals surface area (Å²) in [5.41, 5.74) is 0. The maximum absolute atomic E-state index is 5.83. The zero-order valence-electron chi connectivity index (χ0n) is 12.6. The second kappa shape index (κ2) is 8.15. The van der Waals surface area contributed by atoms with E-state index >= 15 is 0 Å². The Hall–Kier alpha value is -0.590. The molecule has 0 aromatic carbocycles. The van der Waals surface area contributed by atoms with Gasteiger partial charge in [-0.2, -0.15) is 16.7 Å². The van der Waals surface area contributed by atoms with Gasteiger partial charge in [0.15, 0.2) is 5.82 Å². The molecular formula is C15H25N3O2S. The summed E-state index contributed by atoms with van der Waals surface area (Å²) in [6, 6.07) is 0. The third-order valence-corrected chi connectivity index (χ3v) is 5.61. The van der Waals surface area contributed by atoms with E-state index in [9.17, 15) is 0 Å². The van der Waals surface area contributed by atoms with E-state index in [1.807, 2.05) is 11.8 Å². The Kier molecular flexibility index (Phi) is 5.94. The molecule has 2 fully saturated rings. The third-order valence-electron chi connectivity index (χ3n) is 4.24. The number of thioether (sulfide) groups is 1. The zero-order valence-corrected chi connectivity index (χ0v) is 13.4. The van der Waals surface area contributed by atoms with Crippen molar-refractivity contribution in [1.29, 1.82) is 0 Å². The van der Waals surface area contributed by atoms with Gasteiger partial charge in [-0.05, 0) is 38.8 Å². The van der Waals surface area contributed by atoms with E-state index in [-0.39, 0.29) is 0 Å². The van der Waals surface area contributed by atoms with Gasteiger partial charge in [0, 0.05) is 5.25 Å². The number of rotatable bonds is 6. The van der Waals surface area contributed by atoms with Crippen LogP contribution in [0.25, 0.3) is 0 Å². The van der Waals surface area contributed by atoms with E-state index in [1.54, 1.807) is 0 Å². The minimum absolute atomic E-state index is 0.332. The fourth-order valence-corrected chi connectivity index (χ4v) is 4.15. The Morgan fingerprint density at radius 3 is 2.76 bits per heavy atom. The van der Waals surface area contributed by atoms with E-state index in [1.165, 1.54) is 32.1 Å². The molecule has 0 amide bonds. The molecule has 5 nitrogen and oxygen atoms in total. The van der Waals surface area contributed by atoms with Gasteiger partial charge in [0.05, 0.1) is 11.9 Å². The highest BCUT2D eigenvalue weighted by Crippen LogP contribution is 2.29. The van der Waals surface area contributed by atoms with Gasteiger partial charge >= 0.3 is 0 Å². The molecule has 118 valence electrons. The summed E-state index contributed by atoms with van der Waals surface area (Å²) in [5.74, 6) is 2.30. The van der Waals surface area contributed by atoms with Gasteiger partial charge in [-0.1, -0.05) is 24.4 Å². The highest BCUT2D eigenvalue weighted by atomic mass is 32.2. The van der Waals surface area contributed by atoms with Crippen LogP contribution in [0.15, 0.2) is 4.52 Å². The highest BCUT2D eigenvalue weighted by Gasteiger charge is 2.17. The van der Waals surface area contributed by atoms with Crippen molar-refractivity contribution in [2.45, 2.75) is 68.7 Å². The second-order valence-electron chi connectivity index (χ2n) is 5.94. The smallest absolute Gasteiger partial charge is 0.252 e. The van der Waals surface area contributed by atoms with Crippen LogP contribution in [0.5, 0.6) is 0 Å². The predicted octanol–water partition coefficient (Wildman–Crippen LogP) is 2.90. The molecule has 1 aromatic heterocycles. The maximum atomic E-state index is 5.83. The summed E-state index contributed by atoms with van der Waals surface area (Å²) in [6.45, 7) is 2.53. The van der Waals surface area contributed by atoms with Crippen LogP contribution in [0.1, 0.15) is 56.7 Å². The van der Waals surface area contributed by atoms with Crippen molar-refractivity contribution in [2.24, 2.45) is 0 Å². The molecule has 1 aromatic rings. The normalized spacial score (nSPS) is 21.7. The summed E-state index contributed by atoms with van der Waals surface area (Å²) >= 11 is 1.98. The van der Waals surface area contributed by atoms with Crippen molar-refractivity contribution in [3.63, 3.8) is 0 Å². The Morgan fingerprint density at radius 1 is 1.14 bits per heavy atom. The van der Waals surface area contributed by atoms with Crippen LogP contribution in [-0.2, 0) is 17.1 Å². The standard InChI is InChI=1S/C15H25N3O2S/c1-2-4-13(5-3-1)21-11-14-17-15(20-18-14)10-19-12-6-8-16-9-7-12/h12-13,16H,1-11H2. The minimum Gasteiger partial charge on any atom is -0.368 e. The lowest BCUT2D eigenvalue weighted by Crippen LogP contribution is -2.32. The summed E-state index contributed by atoms with van der Waals surface area (Å²) in [5, 5.41) is 8.18. The summed E-state index contributed by atoms with van der Waals surface area (Å²) in [7, 11) is 0. The lowest BCUT2D eigenvalue weighted by molar-refractivity contribution is 0.00859. The number of ether oxygens (including phenoxy) is 1. The second-order valence-corrected chi connectivity index (χ2v) is 7.22. The van der Waals surface area contributed by atoms with Crippen molar-refractivity contribution < 1.29 is 9.26 Å². The SMILES string of the molecule is C1CCC(SCc2noc(COC3CCNCC3)n2)CC1. The van der Waals surface area contributed by atoms with Crippen molar-refractivity contribution >= 4 is 11.8 Å². The fraction of sp³-hybridized carbons (Fsp3) is 0.867. The first kappa shape index (κ1) is 15.3. The molecule has 0 bridgehead atoms. The summed E-state index contributed by atoms with van der Waals surface area (Å²) in [4.78, 5) is 4.44. The highest BCUT2D eigenvalue weighted by molar-refractivity contribution is 7.99. The van der Waals surface area contributed by atoms with Gasteiger partial charge in [0.25, 0.3) is 5.89 Å². The first-order chi connectivity index (χ1) is 10.4. The van der Waals surface area contributed by atoms with Gasteiger partial charge in [-0.3, -0.25) is 0 Å². The number of nitrogens with one attached hydrogen (secondary N) is 1. The predicted molar refractivity (Wildman–Crippen MR) is 83.1 cm³/mol. The first-order valence-corrected chi connectivity index (χ1v) is 9.20. The van der Waals surface area contributed by atoms with E-state index in [2.05, 4.69) is 15.5 Å². The third kappa shape index (κ3) is 4.97. The van der Waals surface area contributed by atoms with Crippen molar-refractivity contribution in [2.75, 3.05) is 13.1 Å². The summed E-state index contributed by atoms with van der Waals surface area (Å²) < 4.78 is 11.1. The van der Waals surface area contributed by atoms with Crippen LogP contribution in [0.2, 0.25) is 0 Å². The van der Waals surface area contributed by atoms with E-state index in [0.717, 1.165) is 42.8 Å². The topological polar surface area (TPSA) is 60.2 Å². The van der Waals surface area contributed by atoms with Gasteiger partial charge < -0.3 is 14.6 Å². The van der Waals surface area contributed by atoms with Crippen molar-refractivity contribution in [1.82, 2.24) is 15.5 Å². The lowest BCUT2D eigenvalue weighted by atomic mass is 10.0. The van der Waals surface area contributed by atoms with Crippen LogP contribution in [0.3, 0.4) is 0 Å². The molecule has 1 saturated heterocycles. The molecule has 21 heavy (non-hydrogen) atoms. The number of piperidine rings is 1. The number of hydrogen-bond donors (Lipinski definition) is 1. The molecule has 0 unspecified atom stereocenters. The first-order valence-electron chi connectivity index (χ1n) is 8.15. The van der Waals surface area contributed by atoms with Gasteiger partial charge in [-0.15, -0.1) is 0 Å². The molecule has 2 heterocycles. The van der Waals surface area contributed by atoms with Crippen LogP contribution in [-0.4, -0.2) is 34.6 Å². The van der Waals surface area contributed by atoms with Crippen molar-refractivity contribution in [3.8, 4) is 0 Å². The van der Waals surface area contributed by atoms with Gasteiger partial charge in [0.2, 0.25) is 0 Å². The molecule has 0 radical (unpaired) electrons. The molecule has 1 N–H and O–H groups in total. The maximum Gasteiger partial charge on any atom is 0.252 e. The van der Waals surface area contributed by atoms with Gasteiger partial charge in [0.1, 0.15) is 6.61 Å². The number of hydrogen-bond acceptors (Lipinski definition) is 6. The van der Waals surface area contributed by atoms with Crippen LogP contribution < -0.4 is 5.32 Å². The van der Waals surface area contributed by atoms with E-state index in [0.29, 0.717) is 18.6 Å². The molecule has 1 aliphatic heterocycles. The molecular weight excluding hydrogens is 286 g/mol. The molecule has 1 saturated carbocycles. The summed E-state index contributed by atoms with van der Waals surface area (Å²) in [6.07, 6.45) is 9.30. The molecule has 6 heteroatoms. The molecule has 1 aliphatic carbocycles. The number of aromatic nitrogens is 2. The lowest BCUT2D eigenvalue weighted by Gasteiger charge is -2.21. The average Bonchev–Trinajstić information content (AvgIpc) is 3.01. The molecule has 2 aliphatic rings. The van der Waals surface area contributed by atoms with Crippen LogP contribution in [0.4, 0.5) is 0 Å². The molecule has 0 spiro atoms. The monoisotopic (exact) mass is 311 g/mol. The largest absolute Gasteiger partial charge is 0.368 e. The van der Waals surface area contributed by atoms with E-state index in [4.69, 9.17) is 9.26 Å². The number of nitrogens with zero attached hydrogens (tertiary/aromatic N) is 2. The Balaban J connectivity index is 1.38. The molecule has 0 atom stereocenters.